The summed E-state index contributed by atoms with van der Waals surface area (Å²) in [5.41, 5.74) is 10.3. The molecule has 0 aliphatic rings. The van der Waals surface area contributed by atoms with Gasteiger partial charge in [-0.15, -0.1) is 0 Å². The highest BCUT2D eigenvalue weighted by molar-refractivity contribution is 5.89. The summed E-state index contributed by atoms with van der Waals surface area (Å²) >= 11 is 0. The maximum atomic E-state index is 4.40. The van der Waals surface area contributed by atoms with Gasteiger partial charge in [-0.05, 0) is 65.3 Å². The van der Waals surface area contributed by atoms with Gasteiger partial charge in [0.25, 0.3) is 0 Å². The summed E-state index contributed by atoms with van der Waals surface area (Å²) in [7, 11) is 0. The highest BCUT2D eigenvalue weighted by atomic mass is 14.2. The molecule has 158 valence electrons. The topological polar surface area (TPSA) is 0 Å². The van der Waals surface area contributed by atoms with E-state index in [9.17, 15) is 0 Å². The van der Waals surface area contributed by atoms with Gasteiger partial charge in [-0.2, -0.15) is 0 Å². The summed E-state index contributed by atoms with van der Waals surface area (Å²) in [5, 5.41) is 0. The zero-order chi connectivity index (χ0) is 22.8. The molecule has 31 heavy (non-hydrogen) atoms. The number of allylic oxidation sites excluding steroid dienone is 4. The van der Waals surface area contributed by atoms with Gasteiger partial charge in [0, 0.05) is 0 Å². The maximum absolute atomic E-state index is 4.40. The molecular weight excluding hydrogens is 372 g/mol. The van der Waals surface area contributed by atoms with Crippen LogP contribution >= 0.6 is 0 Å². The quantitative estimate of drug-likeness (QED) is 0.358. The van der Waals surface area contributed by atoms with Crippen LogP contribution < -0.4 is 0 Å². The van der Waals surface area contributed by atoms with E-state index >= 15 is 0 Å². The normalized spacial score (nSPS) is 11.4. The van der Waals surface area contributed by atoms with Gasteiger partial charge in [0.2, 0.25) is 0 Å². The first kappa shape index (κ1) is 23.9. The van der Waals surface area contributed by atoms with E-state index in [0.29, 0.717) is 0 Å². The first-order valence-corrected chi connectivity index (χ1v) is 10.9. The minimum Gasteiger partial charge on any atom is -0.0955 e. The van der Waals surface area contributed by atoms with Gasteiger partial charge in [0.05, 0.1) is 0 Å². The molecule has 0 unspecified atom stereocenters. The summed E-state index contributed by atoms with van der Waals surface area (Å²) in [5.74, 6) is 0. The predicted molar refractivity (Wildman–Crippen MR) is 139 cm³/mol. The van der Waals surface area contributed by atoms with Crippen molar-refractivity contribution < 1.29 is 0 Å². The fourth-order valence-electron chi connectivity index (χ4n) is 3.50. The minimum atomic E-state index is 0.959. The largest absolute Gasteiger partial charge is 0.0955 e. The zero-order valence-electron chi connectivity index (χ0n) is 19.6. The highest BCUT2D eigenvalue weighted by Crippen LogP contribution is 2.35. The molecule has 3 rings (SSSR count). The molecule has 0 fully saturated rings. The second kappa shape index (κ2) is 11.7. The fraction of sp³-hybridized carbons (Fsp3) is 0.161. The van der Waals surface area contributed by atoms with E-state index in [2.05, 4.69) is 119 Å². The van der Waals surface area contributed by atoms with Crippen LogP contribution in [0, 0.1) is 13.8 Å². The Morgan fingerprint density at radius 1 is 0.742 bits per heavy atom. The van der Waals surface area contributed by atoms with Crippen LogP contribution in [0.5, 0.6) is 0 Å². The van der Waals surface area contributed by atoms with E-state index in [4.69, 9.17) is 0 Å². The number of hydrogen-bond acceptors (Lipinski definition) is 0. The van der Waals surface area contributed by atoms with Crippen molar-refractivity contribution in [3.05, 3.63) is 143 Å². The molecule has 0 heterocycles. The SMILES string of the molecule is C=C(C)/C(C(=C)/C=C/c1ccc(C)cc1)=C(/c1ccccc1)c1ccccc1C.CC. The summed E-state index contributed by atoms with van der Waals surface area (Å²) in [6.45, 7) is 19.0. The molecule has 3 aromatic carbocycles. The van der Waals surface area contributed by atoms with Crippen molar-refractivity contribution in [2.24, 2.45) is 0 Å². The molecule has 0 heteroatoms. The van der Waals surface area contributed by atoms with Gasteiger partial charge in [0.1, 0.15) is 0 Å². The van der Waals surface area contributed by atoms with Crippen molar-refractivity contribution in [3.63, 3.8) is 0 Å². The average Bonchev–Trinajstić information content (AvgIpc) is 2.79. The third-order valence-corrected chi connectivity index (χ3v) is 5.03. The van der Waals surface area contributed by atoms with Crippen molar-refractivity contribution in [1.82, 2.24) is 0 Å². The van der Waals surface area contributed by atoms with E-state index in [1.807, 2.05) is 19.9 Å². The summed E-state index contributed by atoms with van der Waals surface area (Å²) in [6, 6.07) is 27.5. The minimum absolute atomic E-state index is 0.959. The molecule has 0 saturated heterocycles. The first-order chi connectivity index (χ1) is 15.0. The Labute approximate surface area is 189 Å². The predicted octanol–water partition coefficient (Wildman–Crippen LogP) is 8.98. The van der Waals surface area contributed by atoms with Crippen molar-refractivity contribution in [2.75, 3.05) is 0 Å². The number of aryl methyl sites for hydroxylation is 2. The second-order valence-electron chi connectivity index (χ2n) is 7.48. The molecule has 0 saturated carbocycles. The van der Waals surface area contributed by atoms with Crippen LogP contribution in [-0.2, 0) is 0 Å². The Bertz CT molecular complexity index is 1070. The number of benzene rings is 3. The molecule has 0 N–H and O–H groups in total. The third kappa shape index (κ3) is 6.30. The van der Waals surface area contributed by atoms with Gasteiger partial charge in [-0.25, -0.2) is 0 Å². The monoisotopic (exact) mass is 406 g/mol. The Morgan fingerprint density at radius 2 is 1.32 bits per heavy atom. The number of hydrogen-bond donors (Lipinski definition) is 0. The molecule has 3 aromatic rings. The molecule has 0 bridgehead atoms. The molecule has 0 aromatic heterocycles. The van der Waals surface area contributed by atoms with Crippen LogP contribution in [0.15, 0.2) is 115 Å². The van der Waals surface area contributed by atoms with Gasteiger partial charge in [0.15, 0.2) is 0 Å². The molecule has 0 amide bonds. The lowest BCUT2D eigenvalue weighted by Gasteiger charge is -2.19. The van der Waals surface area contributed by atoms with E-state index in [0.717, 1.165) is 22.3 Å². The molecule has 0 radical (unpaired) electrons. The van der Waals surface area contributed by atoms with Crippen molar-refractivity contribution in [2.45, 2.75) is 34.6 Å². The van der Waals surface area contributed by atoms with Gasteiger partial charge in [-0.1, -0.05) is 124 Å². The molecule has 0 aliphatic heterocycles. The Balaban J connectivity index is 0.00000166. The molecule has 0 nitrogen and oxygen atoms in total. The lowest BCUT2D eigenvalue weighted by Crippen LogP contribution is -1.99. The lowest BCUT2D eigenvalue weighted by molar-refractivity contribution is 1.35. The summed E-state index contributed by atoms with van der Waals surface area (Å²) < 4.78 is 0. The second-order valence-corrected chi connectivity index (χ2v) is 7.48. The standard InChI is InChI=1S/C29H28.C2H6/c1-21(2)28(24(5)17-20-25-18-15-22(3)16-19-25)29(26-12-7-6-8-13-26)27-14-10-9-11-23(27)4;1-2/h6-20H,1,5H2,2-4H3;1-2H3/b20-17+,29-28+;. The third-order valence-electron chi connectivity index (χ3n) is 5.03. The Morgan fingerprint density at radius 3 is 1.90 bits per heavy atom. The molecule has 0 atom stereocenters. The molecule has 0 aliphatic carbocycles. The summed E-state index contributed by atoms with van der Waals surface area (Å²) in [6.07, 6.45) is 4.21. The van der Waals surface area contributed by atoms with Crippen LogP contribution in [0.4, 0.5) is 0 Å². The van der Waals surface area contributed by atoms with Crippen molar-refractivity contribution >= 4 is 11.6 Å². The van der Waals surface area contributed by atoms with Gasteiger partial charge < -0.3 is 0 Å². The van der Waals surface area contributed by atoms with Crippen LogP contribution in [-0.4, -0.2) is 0 Å². The highest BCUT2D eigenvalue weighted by Gasteiger charge is 2.15. The maximum Gasteiger partial charge on any atom is -0.00279 e. The van der Waals surface area contributed by atoms with E-state index < -0.39 is 0 Å². The fourth-order valence-corrected chi connectivity index (χ4v) is 3.50. The molecule has 0 spiro atoms. The van der Waals surface area contributed by atoms with Crippen LogP contribution in [0.25, 0.3) is 11.6 Å². The van der Waals surface area contributed by atoms with E-state index in [-0.39, 0.29) is 0 Å². The lowest BCUT2D eigenvalue weighted by atomic mass is 9.85. The van der Waals surface area contributed by atoms with Crippen LogP contribution in [0.3, 0.4) is 0 Å². The van der Waals surface area contributed by atoms with Crippen molar-refractivity contribution in [3.8, 4) is 0 Å². The number of rotatable bonds is 6. The van der Waals surface area contributed by atoms with E-state index in [1.54, 1.807) is 0 Å². The van der Waals surface area contributed by atoms with Gasteiger partial charge >= 0.3 is 0 Å². The Hall–Kier alpha value is -3.38. The Kier molecular flexibility index (Phi) is 9.03. The molecular formula is C31H34. The zero-order valence-corrected chi connectivity index (χ0v) is 19.6. The van der Waals surface area contributed by atoms with Gasteiger partial charge in [-0.3, -0.25) is 0 Å². The first-order valence-electron chi connectivity index (χ1n) is 10.9. The van der Waals surface area contributed by atoms with E-state index in [1.165, 1.54) is 27.8 Å². The van der Waals surface area contributed by atoms with Crippen LogP contribution in [0.2, 0.25) is 0 Å². The average molecular weight is 407 g/mol. The smallest absolute Gasteiger partial charge is 0.00279 e. The van der Waals surface area contributed by atoms with Crippen molar-refractivity contribution in [1.29, 1.82) is 0 Å². The van der Waals surface area contributed by atoms with Crippen LogP contribution in [0.1, 0.15) is 48.6 Å². The summed E-state index contributed by atoms with van der Waals surface area (Å²) in [4.78, 5) is 0.